The number of halogens is 1. The van der Waals surface area contributed by atoms with Gasteiger partial charge >= 0.3 is 0 Å². The monoisotopic (exact) mass is 174 g/mol. The number of phenols is 1. The van der Waals surface area contributed by atoms with Crippen molar-refractivity contribution in [3.63, 3.8) is 0 Å². The second-order valence-corrected chi connectivity index (χ2v) is 2.51. The molecule has 0 aliphatic heterocycles. The van der Waals surface area contributed by atoms with E-state index in [1.807, 2.05) is 0 Å². The highest BCUT2D eigenvalue weighted by Crippen LogP contribution is 2.25. The summed E-state index contributed by atoms with van der Waals surface area (Å²) in [5, 5.41) is 26.7. The van der Waals surface area contributed by atoms with Gasteiger partial charge in [-0.1, -0.05) is 11.6 Å². The molecular weight excluding hydrogens is 168 g/mol. The zero-order valence-corrected chi connectivity index (χ0v) is 6.28. The lowest BCUT2D eigenvalue weighted by molar-refractivity contribution is -0.0438. The van der Waals surface area contributed by atoms with Crippen molar-refractivity contribution in [1.29, 1.82) is 0 Å². The van der Waals surface area contributed by atoms with Crippen LogP contribution in [0.4, 0.5) is 0 Å². The quantitative estimate of drug-likeness (QED) is 0.558. The molecule has 4 heteroatoms. The SMILES string of the molecule is Oc1ccc(Cl)cc1C(O)O. The lowest BCUT2D eigenvalue weighted by Gasteiger charge is -2.05. The van der Waals surface area contributed by atoms with Crippen molar-refractivity contribution in [3.8, 4) is 5.75 Å². The van der Waals surface area contributed by atoms with Crippen molar-refractivity contribution >= 4 is 11.6 Å². The molecule has 0 saturated heterocycles. The van der Waals surface area contributed by atoms with Crippen molar-refractivity contribution in [1.82, 2.24) is 0 Å². The summed E-state index contributed by atoms with van der Waals surface area (Å²) in [6, 6.07) is 4.06. The fraction of sp³-hybridized carbons (Fsp3) is 0.143. The molecule has 0 saturated carbocycles. The molecule has 0 aliphatic rings. The van der Waals surface area contributed by atoms with Gasteiger partial charge in [-0.3, -0.25) is 0 Å². The minimum Gasteiger partial charge on any atom is -0.507 e. The molecule has 0 bridgehead atoms. The summed E-state index contributed by atoms with van der Waals surface area (Å²) in [6.45, 7) is 0. The zero-order chi connectivity index (χ0) is 8.43. The molecule has 60 valence electrons. The highest BCUT2D eigenvalue weighted by Gasteiger charge is 2.08. The first-order chi connectivity index (χ1) is 5.11. The molecule has 0 spiro atoms. The van der Waals surface area contributed by atoms with Crippen molar-refractivity contribution in [2.24, 2.45) is 0 Å². The lowest BCUT2D eigenvalue weighted by atomic mass is 10.2. The number of rotatable bonds is 1. The first-order valence-corrected chi connectivity index (χ1v) is 3.33. The van der Waals surface area contributed by atoms with E-state index in [0.29, 0.717) is 5.02 Å². The molecule has 0 unspecified atom stereocenters. The Balaban J connectivity index is 3.13. The summed E-state index contributed by atoms with van der Waals surface area (Å²) < 4.78 is 0. The third-order valence-corrected chi connectivity index (χ3v) is 1.50. The smallest absolute Gasteiger partial charge is 0.182 e. The van der Waals surface area contributed by atoms with Crippen LogP contribution < -0.4 is 0 Å². The van der Waals surface area contributed by atoms with Gasteiger partial charge in [-0.05, 0) is 18.2 Å². The van der Waals surface area contributed by atoms with Crippen LogP contribution in [0.2, 0.25) is 5.02 Å². The van der Waals surface area contributed by atoms with Crippen molar-refractivity contribution < 1.29 is 15.3 Å². The largest absolute Gasteiger partial charge is 0.507 e. The Morgan fingerprint density at radius 1 is 1.27 bits per heavy atom. The molecule has 0 aliphatic carbocycles. The standard InChI is InChI=1S/C7H7ClO3/c8-4-1-2-6(9)5(3-4)7(10)11/h1-3,7,9-11H. The van der Waals surface area contributed by atoms with Crippen LogP contribution >= 0.6 is 11.6 Å². The van der Waals surface area contributed by atoms with Crippen LogP contribution in [0.3, 0.4) is 0 Å². The molecule has 0 amide bonds. The number of aliphatic hydroxyl groups excluding tert-OH is 1. The van der Waals surface area contributed by atoms with Gasteiger partial charge in [-0.15, -0.1) is 0 Å². The van der Waals surface area contributed by atoms with Crippen LogP contribution in [0.1, 0.15) is 11.9 Å². The van der Waals surface area contributed by atoms with E-state index in [1.54, 1.807) is 0 Å². The van der Waals surface area contributed by atoms with Crippen molar-refractivity contribution in [2.75, 3.05) is 0 Å². The van der Waals surface area contributed by atoms with Crippen LogP contribution in [0.15, 0.2) is 18.2 Å². The van der Waals surface area contributed by atoms with E-state index in [0.717, 1.165) is 0 Å². The molecule has 1 aromatic carbocycles. The third-order valence-electron chi connectivity index (χ3n) is 1.27. The number of benzene rings is 1. The molecule has 3 N–H and O–H groups in total. The minimum absolute atomic E-state index is 0.0116. The Bertz CT molecular complexity index is 260. The minimum atomic E-state index is -1.69. The summed E-state index contributed by atoms with van der Waals surface area (Å²) in [6.07, 6.45) is -1.69. The summed E-state index contributed by atoms with van der Waals surface area (Å²) in [7, 11) is 0. The first kappa shape index (κ1) is 8.33. The molecule has 1 rings (SSSR count). The molecule has 1 aromatic rings. The van der Waals surface area contributed by atoms with E-state index in [9.17, 15) is 0 Å². The fourth-order valence-electron chi connectivity index (χ4n) is 0.732. The Morgan fingerprint density at radius 3 is 2.36 bits per heavy atom. The van der Waals surface area contributed by atoms with E-state index >= 15 is 0 Å². The first-order valence-electron chi connectivity index (χ1n) is 2.96. The van der Waals surface area contributed by atoms with E-state index in [2.05, 4.69) is 0 Å². The third kappa shape index (κ3) is 1.83. The second-order valence-electron chi connectivity index (χ2n) is 2.08. The highest BCUT2D eigenvalue weighted by atomic mass is 35.5. The number of phenolic OH excluding ortho intramolecular Hbond substituents is 1. The summed E-state index contributed by atoms with van der Waals surface area (Å²) >= 11 is 5.53. The predicted octanol–water partition coefficient (Wildman–Crippen LogP) is 1.03. The Kier molecular flexibility index (Phi) is 2.34. The maximum Gasteiger partial charge on any atom is 0.182 e. The van der Waals surface area contributed by atoms with Crippen molar-refractivity contribution in [3.05, 3.63) is 28.8 Å². The van der Waals surface area contributed by atoms with Gasteiger partial charge in [-0.2, -0.15) is 0 Å². The van der Waals surface area contributed by atoms with Crippen LogP contribution in [0.25, 0.3) is 0 Å². The second kappa shape index (κ2) is 3.09. The summed E-state index contributed by atoms with van der Waals surface area (Å²) in [5.74, 6) is -0.176. The van der Waals surface area contributed by atoms with Crippen molar-refractivity contribution in [2.45, 2.75) is 6.29 Å². The van der Waals surface area contributed by atoms with E-state index in [-0.39, 0.29) is 11.3 Å². The van der Waals surface area contributed by atoms with Gasteiger partial charge in [0.1, 0.15) is 5.75 Å². The van der Waals surface area contributed by atoms with Gasteiger partial charge in [0.05, 0.1) is 5.56 Å². The van der Waals surface area contributed by atoms with Gasteiger partial charge in [0, 0.05) is 5.02 Å². The summed E-state index contributed by atoms with van der Waals surface area (Å²) in [4.78, 5) is 0. The topological polar surface area (TPSA) is 60.7 Å². The molecular formula is C7H7ClO3. The maximum atomic E-state index is 9.03. The predicted molar refractivity (Wildman–Crippen MR) is 40.3 cm³/mol. The highest BCUT2D eigenvalue weighted by molar-refractivity contribution is 6.30. The number of aliphatic hydroxyl groups is 2. The zero-order valence-electron chi connectivity index (χ0n) is 5.53. The normalized spacial score (nSPS) is 10.5. The Labute approximate surface area is 68.5 Å². The average Bonchev–Trinajstić information content (AvgIpc) is 1.94. The number of hydrogen-bond donors (Lipinski definition) is 3. The summed E-state index contributed by atoms with van der Waals surface area (Å²) in [5.41, 5.74) is 0.0116. The van der Waals surface area contributed by atoms with E-state index in [4.69, 9.17) is 26.9 Å². The van der Waals surface area contributed by atoms with Gasteiger partial charge in [0.15, 0.2) is 6.29 Å². The Hall–Kier alpha value is -0.770. The fourth-order valence-corrected chi connectivity index (χ4v) is 0.913. The van der Waals surface area contributed by atoms with E-state index < -0.39 is 6.29 Å². The molecule has 11 heavy (non-hydrogen) atoms. The van der Waals surface area contributed by atoms with Gasteiger partial charge in [-0.25, -0.2) is 0 Å². The van der Waals surface area contributed by atoms with Crippen LogP contribution in [0, 0.1) is 0 Å². The van der Waals surface area contributed by atoms with Crippen LogP contribution in [-0.2, 0) is 0 Å². The Morgan fingerprint density at radius 2 is 1.91 bits per heavy atom. The molecule has 0 atom stereocenters. The van der Waals surface area contributed by atoms with Gasteiger partial charge in [0.2, 0.25) is 0 Å². The molecule has 3 nitrogen and oxygen atoms in total. The molecule has 0 radical (unpaired) electrons. The molecule has 0 heterocycles. The van der Waals surface area contributed by atoms with Gasteiger partial charge < -0.3 is 15.3 Å². The van der Waals surface area contributed by atoms with Crippen LogP contribution in [-0.4, -0.2) is 15.3 Å². The number of hydrogen-bond acceptors (Lipinski definition) is 3. The maximum absolute atomic E-state index is 9.03. The van der Waals surface area contributed by atoms with Crippen LogP contribution in [0.5, 0.6) is 5.75 Å². The molecule has 0 fully saturated rings. The lowest BCUT2D eigenvalue weighted by Crippen LogP contribution is -1.94. The molecule has 0 aromatic heterocycles. The average molecular weight is 175 g/mol. The number of aromatic hydroxyl groups is 1. The van der Waals surface area contributed by atoms with E-state index in [1.165, 1.54) is 18.2 Å². The van der Waals surface area contributed by atoms with Gasteiger partial charge in [0.25, 0.3) is 0 Å².